The molecular formula is C24H35N5O6. The first-order valence-corrected chi connectivity index (χ1v) is 11.5. The number of aliphatic carboxylic acids is 1. The molecule has 5 atom stereocenters. The molecule has 1 aromatic heterocycles. The monoisotopic (exact) mass is 489 g/mol. The van der Waals surface area contributed by atoms with Crippen molar-refractivity contribution >= 4 is 34.6 Å². The molecule has 8 N–H and O–H groups in total. The summed E-state index contributed by atoms with van der Waals surface area (Å²) in [4.78, 5) is 53.0. The van der Waals surface area contributed by atoms with Gasteiger partial charge in [-0.1, -0.05) is 32.0 Å². The van der Waals surface area contributed by atoms with Gasteiger partial charge in [-0.2, -0.15) is 0 Å². The molecule has 1 heterocycles. The minimum atomic E-state index is -1.36. The van der Waals surface area contributed by atoms with Crippen molar-refractivity contribution in [2.24, 2.45) is 11.7 Å². The number of nitrogens with two attached hydrogens (primary N) is 1. The second-order valence-corrected chi connectivity index (χ2v) is 9.17. The van der Waals surface area contributed by atoms with Crippen LogP contribution in [0, 0.1) is 5.92 Å². The van der Waals surface area contributed by atoms with E-state index in [-0.39, 0.29) is 18.8 Å². The Morgan fingerprint density at radius 1 is 0.943 bits per heavy atom. The quantitative estimate of drug-likeness (QED) is 0.219. The van der Waals surface area contributed by atoms with Gasteiger partial charge in [-0.25, -0.2) is 4.79 Å². The molecule has 2 rings (SSSR count). The molecule has 0 fully saturated rings. The largest absolute Gasteiger partial charge is 0.480 e. The summed E-state index contributed by atoms with van der Waals surface area (Å²) < 4.78 is 0. The van der Waals surface area contributed by atoms with Crippen molar-refractivity contribution in [2.45, 2.75) is 70.8 Å². The molecule has 0 saturated heterocycles. The molecule has 1 aromatic carbocycles. The molecule has 0 radical (unpaired) electrons. The number of amides is 3. The number of aromatic nitrogens is 1. The Bertz CT molecular complexity index is 1050. The number of hydrogen-bond donors (Lipinski definition) is 7. The number of carbonyl (C=O) groups excluding carboxylic acids is 3. The Kier molecular flexibility index (Phi) is 9.78. The number of H-pyrrole nitrogens is 1. The molecule has 3 amide bonds. The van der Waals surface area contributed by atoms with E-state index < -0.39 is 54.0 Å². The van der Waals surface area contributed by atoms with Crippen molar-refractivity contribution in [2.75, 3.05) is 0 Å². The Labute approximate surface area is 203 Å². The van der Waals surface area contributed by atoms with Crippen LogP contribution in [-0.2, 0) is 25.6 Å². The highest BCUT2D eigenvalue weighted by Crippen LogP contribution is 2.19. The first kappa shape index (κ1) is 27.8. The van der Waals surface area contributed by atoms with Crippen LogP contribution in [0.3, 0.4) is 0 Å². The molecule has 192 valence electrons. The highest BCUT2D eigenvalue weighted by molar-refractivity contribution is 5.95. The predicted molar refractivity (Wildman–Crippen MR) is 130 cm³/mol. The fourth-order valence-corrected chi connectivity index (χ4v) is 3.65. The van der Waals surface area contributed by atoms with E-state index in [2.05, 4.69) is 20.9 Å². The second kappa shape index (κ2) is 12.3. The van der Waals surface area contributed by atoms with Crippen molar-refractivity contribution in [3.63, 3.8) is 0 Å². The highest BCUT2D eigenvalue weighted by Gasteiger charge is 2.32. The second-order valence-electron chi connectivity index (χ2n) is 9.17. The van der Waals surface area contributed by atoms with Crippen LogP contribution in [0.15, 0.2) is 30.5 Å². The van der Waals surface area contributed by atoms with Gasteiger partial charge in [-0.05, 0) is 37.8 Å². The lowest BCUT2D eigenvalue weighted by atomic mass is 10.0. The Morgan fingerprint density at radius 2 is 1.57 bits per heavy atom. The number of fused-ring (bicyclic) bond motifs is 1. The number of carboxylic acids is 1. The van der Waals surface area contributed by atoms with E-state index in [1.807, 2.05) is 38.1 Å². The Morgan fingerprint density at radius 3 is 2.14 bits per heavy atom. The SMILES string of the molecule is CC(C)CC(NC(=O)C(Cc1c[nH]c2ccccc12)NC(=O)C(NC(=O)C(C)N)C(C)O)C(=O)O. The summed E-state index contributed by atoms with van der Waals surface area (Å²) in [6.07, 6.45) is 0.685. The molecule has 35 heavy (non-hydrogen) atoms. The molecule has 0 aliphatic rings. The average molecular weight is 490 g/mol. The standard InChI is InChI=1S/C24H35N5O6/c1-12(2)9-19(24(34)35)28-22(32)18(10-15-11-26-17-8-6-5-7-16(15)17)27-23(33)20(14(4)30)29-21(31)13(3)25/h5-8,11-14,18-20,26,30H,9-10,25H2,1-4H3,(H,27,33)(H,28,32)(H,29,31)(H,34,35). The molecule has 11 nitrogen and oxygen atoms in total. The van der Waals surface area contributed by atoms with E-state index in [0.717, 1.165) is 16.5 Å². The summed E-state index contributed by atoms with van der Waals surface area (Å²) in [5.74, 6) is -3.32. The van der Waals surface area contributed by atoms with Crippen molar-refractivity contribution in [1.29, 1.82) is 0 Å². The zero-order valence-corrected chi connectivity index (χ0v) is 20.4. The van der Waals surface area contributed by atoms with Crippen LogP contribution in [-0.4, -0.2) is 69.2 Å². The molecule has 0 bridgehead atoms. The topological polar surface area (TPSA) is 187 Å². The molecule has 2 aromatic rings. The Balaban J connectivity index is 2.32. The lowest BCUT2D eigenvalue weighted by Gasteiger charge is -2.26. The maximum Gasteiger partial charge on any atom is 0.326 e. The van der Waals surface area contributed by atoms with Crippen LogP contribution in [0.2, 0.25) is 0 Å². The zero-order chi connectivity index (χ0) is 26.3. The van der Waals surface area contributed by atoms with Crippen molar-refractivity contribution in [3.8, 4) is 0 Å². The van der Waals surface area contributed by atoms with Crippen molar-refractivity contribution in [1.82, 2.24) is 20.9 Å². The number of carbonyl (C=O) groups is 4. The predicted octanol–water partition coefficient (Wildman–Crippen LogP) is 0.0235. The first-order valence-electron chi connectivity index (χ1n) is 11.5. The molecule has 0 spiro atoms. The molecular weight excluding hydrogens is 454 g/mol. The molecule has 0 aliphatic heterocycles. The summed E-state index contributed by atoms with van der Waals surface area (Å²) >= 11 is 0. The van der Waals surface area contributed by atoms with Gasteiger partial charge in [0.05, 0.1) is 12.1 Å². The zero-order valence-electron chi connectivity index (χ0n) is 20.4. The summed E-state index contributed by atoms with van der Waals surface area (Å²) in [6.45, 7) is 6.42. The first-order chi connectivity index (χ1) is 16.4. The normalized spacial score (nSPS) is 15.6. The minimum Gasteiger partial charge on any atom is -0.480 e. The minimum absolute atomic E-state index is 0.00569. The van der Waals surface area contributed by atoms with Crippen LogP contribution >= 0.6 is 0 Å². The number of rotatable bonds is 12. The maximum absolute atomic E-state index is 13.2. The van der Waals surface area contributed by atoms with Crippen LogP contribution in [0.5, 0.6) is 0 Å². The van der Waals surface area contributed by atoms with E-state index in [9.17, 15) is 29.4 Å². The number of hydrogen-bond acceptors (Lipinski definition) is 6. The molecule has 11 heteroatoms. The van der Waals surface area contributed by atoms with Gasteiger partial charge in [-0.3, -0.25) is 14.4 Å². The van der Waals surface area contributed by atoms with E-state index >= 15 is 0 Å². The number of aromatic amines is 1. The average Bonchev–Trinajstić information content (AvgIpc) is 3.18. The maximum atomic E-state index is 13.2. The fourth-order valence-electron chi connectivity index (χ4n) is 3.65. The van der Waals surface area contributed by atoms with E-state index in [1.54, 1.807) is 6.20 Å². The number of para-hydroxylation sites is 1. The number of aliphatic hydroxyl groups excluding tert-OH is 1. The summed E-state index contributed by atoms with van der Waals surface area (Å²) in [6, 6.07) is 2.81. The summed E-state index contributed by atoms with van der Waals surface area (Å²) in [5, 5.41) is 27.9. The third-order valence-electron chi connectivity index (χ3n) is 5.53. The van der Waals surface area contributed by atoms with Gasteiger partial charge in [0.1, 0.15) is 18.1 Å². The van der Waals surface area contributed by atoms with Gasteiger partial charge in [0, 0.05) is 23.5 Å². The van der Waals surface area contributed by atoms with Crippen LogP contribution < -0.4 is 21.7 Å². The molecule has 0 saturated carbocycles. The highest BCUT2D eigenvalue weighted by atomic mass is 16.4. The lowest BCUT2D eigenvalue weighted by molar-refractivity contribution is -0.143. The van der Waals surface area contributed by atoms with Gasteiger partial charge in [0.15, 0.2) is 0 Å². The van der Waals surface area contributed by atoms with Gasteiger partial charge in [0.2, 0.25) is 17.7 Å². The van der Waals surface area contributed by atoms with Crippen LogP contribution in [0.25, 0.3) is 10.9 Å². The summed E-state index contributed by atoms with van der Waals surface area (Å²) in [5.41, 5.74) is 7.11. The van der Waals surface area contributed by atoms with Gasteiger partial charge in [0.25, 0.3) is 0 Å². The number of carboxylic acid groups (broad SMARTS) is 1. The van der Waals surface area contributed by atoms with Gasteiger partial charge < -0.3 is 36.9 Å². The van der Waals surface area contributed by atoms with Crippen molar-refractivity contribution < 1.29 is 29.4 Å². The van der Waals surface area contributed by atoms with Crippen LogP contribution in [0.4, 0.5) is 0 Å². The fraction of sp³-hybridized carbons (Fsp3) is 0.500. The van der Waals surface area contributed by atoms with Gasteiger partial charge in [-0.15, -0.1) is 0 Å². The van der Waals surface area contributed by atoms with Gasteiger partial charge >= 0.3 is 5.97 Å². The van der Waals surface area contributed by atoms with E-state index in [1.165, 1.54) is 13.8 Å². The number of aliphatic hydroxyl groups is 1. The van der Waals surface area contributed by atoms with Crippen molar-refractivity contribution in [3.05, 3.63) is 36.0 Å². The van der Waals surface area contributed by atoms with E-state index in [0.29, 0.717) is 0 Å². The molecule has 0 aliphatic carbocycles. The third-order valence-corrected chi connectivity index (χ3v) is 5.53. The molecule has 5 unspecified atom stereocenters. The van der Waals surface area contributed by atoms with E-state index in [4.69, 9.17) is 5.73 Å². The van der Waals surface area contributed by atoms with Crippen LogP contribution in [0.1, 0.15) is 39.7 Å². The third kappa shape index (κ3) is 7.79. The number of benzene rings is 1. The summed E-state index contributed by atoms with van der Waals surface area (Å²) in [7, 11) is 0. The Hall–Kier alpha value is -3.44. The smallest absolute Gasteiger partial charge is 0.326 e. The number of nitrogens with one attached hydrogen (secondary N) is 4. The lowest BCUT2D eigenvalue weighted by Crippen LogP contribution is -2.60.